The minimum absolute atomic E-state index is 0.300. The van der Waals surface area contributed by atoms with Crippen molar-refractivity contribution in [2.45, 2.75) is 18.9 Å². The summed E-state index contributed by atoms with van der Waals surface area (Å²) in [7, 11) is 0. The monoisotopic (exact) mass is 338 g/mol. The van der Waals surface area contributed by atoms with Gasteiger partial charge in [-0.3, -0.25) is 5.10 Å². The average molecular weight is 338 g/mol. The minimum atomic E-state index is -0.355. The zero-order valence-electron chi connectivity index (χ0n) is 13.7. The first-order valence-electron chi connectivity index (χ1n) is 8.74. The summed E-state index contributed by atoms with van der Waals surface area (Å²) < 4.78 is 14.5. The summed E-state index contributed by atoms with van der Waals surface area (Å²) in [5, 5.41) is 11.4. The van der Waals surface area contributed by atoms with Gasteiger partial charge in [-0.05, 0) is 43.0 Å². The van der Waals surface area contributed by atoms with Gasteiger partial charge in [0.05, 0.1) is 5.69 Å². The highest BCUT2D eigenvalue weighted by Gasteiger charge is 2.34. The number of nitrogens with one attached hydrogen (secondary N) is 2. The number of rotatable bonds is 3. The lowest BCUT2D eigenvalue weighted by atomic mass is 10.1. The molecule has 6 nitrogen and oxygen atoms in total. The molecular weight excluding hydrogens is 319 g/mol. The van der Waals surface area contributed by atoms with E-state index in [1.165, 1.54) is 18.9 Å². The quantitative estimate of drug-likeness (QED) is 0.767. The molecule has 3 aromatic rings. The largest absolute Gasteiger partial charge is 0.354 e. The van der Waals surface area contributed by atoms with E-state index in [9.17, 15) is 4.39 Å². The van der Waals surface area contributed by atoms with Crippen molar-refractivity contribution in [1.82, 2.24) is 25.5 Å². The third kappa shape index (κ3) is 2.64. The molecule has 0 aromatic carbocycles. The number of pyridine rings is 2. The van der Waals surface area contributed by atoms with Gasteiger partial charge >= 0.3 is 0 Å². The van der Waals surface area contributed by atoms with Crippen molar-refractivity contribution < 1.29 is 4.39 Å². The highest BCUT2D eigenvalue weighted by atomic mass is 19.1. The Kier molecular flexibility index (Phi) is 3.41. The Labute approximate surface area is 144 Å². The van der Waals surface area contributed by atoms with Crippen molar-refractivity contribution >= 4 is 16.9 Å². The van der Waals surface area contributed by atoms with E-state index in [1.807, 2.05) is 12.1 Å². The molecule has 1 aliphatic heterocycles. The molecule has 1 aliphatic carbocycles. The first-order chi connectivity index (χ1) is 12.3. The third-order valence-corrected chi connectivity index (χ3v) is 5.12. The number of fused-ring (bicyclic) bond motifs is 1. The fraction of sp³-hybridized carbons (Fsp3) is 0.389. The summed E-state index contributed by atoms with van der Waals surface area (Å²) in [5.74, 6) is 1.24. The number of nitrogens with zero attached hydrogens (tertiary/aromatic N) is 4. The van der Waals surface area contributed by atoms with E-state index < -0.39 is 0 Å². The lowest BCUT2D eigenvalue weighted by molar-refractivity contribution is 0.417. The van der Waals surface area contributed by atoms with Crippen LogP contribution in [-0.4, -0.2) is 45.8 Å². The molecule has 25 heavy (non-hydrogen) atoms. The van der Waals surface area contributed by atoms with E-state index in [1.54, 1.807) is 12.3 Å². The normalized spacial score (nSPS) is 21.0. The second-order valence-electron chi connectivity index (χ2n) is 6.82. The van der Waals surface area contributed by atoms with Crippen LogP contribution in [0.25, 0.3) is 22.4 Å². The van der Waals surface area contributed by atoms with Gasteiger partial charge in [0.2, 0.25) is 0 Å². The summed E-state index contributed by atoms with van der Waals surface area (Å²) in [6.45, 7) is 2.74. The number of hydrogen-bond donors (Lipinski definition) is 2. The van der Waals surface area contributed by atoms with Gasteiger partial charge in [-0.25, -0.2) is 14.4 Å². The first-order valence-corrected chi connectivity index (χ1v) is 8.74. The second kappa shape index (κ2) is 5.77. The van der Waals surface area contributed by atoms with Crippen LogP contribution in [-0.2, 0) is 0 Å². The Bertz CT molecular complexity index is 919. The predicted molar refractivity (Wildman–Crippen MR) is 93.8 cm³/mol. The second-order valence-corrected chi connectivity index (χ2v) is 6.82. The number of H-pyrrole nitrogens is 1. The molecule has 2 N–H and O–H groups in total. The van der Waals surface area contributed by atoms with Gasteiger partial charge in [0.15, 0.2) is 11.5 Å². The van der Waals surface area contributed by atoms with Crippen molar-refractivity contribution in [3.8, 4) is 11.4 Å². The van der Waals surface area contributed by atoms with Gasteiger partial charge in [-0.2, -0.15) is 5.10 Å². The van der Waals surface area contributed by atoms with E-state index in [0.29, 0.717) is 23.1 Å². The van der Waals surface area contributed by atoms with Gasteiger partial charge in [0, 0.05) is 37.3 Å². The molecule has 0 radical (unpaired) electrons. The summed E-state index contributed by atoms with van der Waals surface area (Å²) in [4.78, 5) is 11.1. The molecule has 2 aliphatic rings. The summed E-state index contributed by atoms with van der Waals surface area (Å²) in [5.41, 5.74) is 1.45. The number of piperazine rings is 1. The molecular formula is C18H19FN6. The Morgan fingerprint density at radius 2 is 2.12 bits per heavy atom. The Hall–Kier alpha value is -2.54. The van der Waals surface area contributed by atoms with Crippen LogP contribution in [0.5, 0.6) is 0 Å². The van der Waals surface area contributed by atoms with Gasteiger partial charge in [-0.15, -0.1) is 0 Å². The SMILES string of the molecule is Fc1ccc(N2CCNC(C3CC3)C2)nc1-c1[nH]nc2ncccc12. The topological polar surface area (TPSA) is 69.7 Å². The van der Waals surface area contributed by atoms with Crippen LogP contribution in [0.1, 0.15) is 12.8 Å². The van der Waals surface area contributed by atoms with Crippen molar-refractivity contribution in [2.75, 3.05) is 24.5 Å². The first kappa shape index (κ1) is 14.8. The van der Waals surface area contributed by atoms with Crippen molar-refractivity contribution in [1.29, 1.82) is 0 Å². The molecule has 0 amide bonds. The van der Waals surface area contributed by atoms with E-state index in [-0.39, 0.29) is 5.82 Å². The predicted octanol–water partition coefficient (Wildman–Crippen LogP) is 2.35. The molecule has 3 aromatic heterocycles. The molecule has 1 saturated carbocycles. The molecule has 5 rings (SSSR count). The Morgan fingerprint density at radius 3 is 3.00 bits per heavy atom. The zero-order valence-corrected chi connectivity index (χ0v) is 13.7. The van der Waals surface area contributed by atoms with E-state index >= 15 is 0 Å². The maximum atomic E-state index is 14.5. The maximum absolute atomic E-state index is 14.5. The lowest BCUT2D eigenvalue weighted by Crippen LogP contribution is -2.52. The molecule has 7 heteroatoms. The molecule has 4 heterocycles. The molecule has 0 spiro atoms. The average Bonchev–Trinajstić information content (AvgIpc) is 3.42. The standard InChI is InChI=1S/C18H19FN6/c19-13-5-6-15(25-9-8-20-14(10-25)11-3-4-11)22-17(13)16-12-2-1-7-21-18(12)24-23-16/h1-2,5-7,11,14,20H,3-4,8-10H2,(H,21,23,24). The molecule has 1 atom stereocenters. The number of aromatic nitrogens is 4. The number of hydrogen-bond acceptors (Lipinski definition) is 5. The summed E-state index contributed by atoms with van der Waals surface area (Å²) in [6.07, 6.45) is 4.29. The van der Waals surface area contributed by atoms with Gasteiger partial charge in [-0.1, -0.05) is 0 Å². The van der Waals surface area contributed by atoms with E-state index in [0.717, 1.165) is 36.8 Å². The molecule has 1 saturated heterocycles. The summed E-state index contributed by atoms with van der Waals surface area (Å²) in [6, 6.07) is 7.48. The van der Waals surface area contributed by atoms with Crippen LogP contribution in [0.3, 0.4) is 0 Å². The van der Waals surface area contributed by atoms with Crippen LogP contribution < -0.4 is 10.2 Å². The fourth-order valence-corrected chi connectivity index (χ4v) is 3.61. The fourth-order valence-electron chi connectivity index (χ4n) is 3.61. The van der Waals surface area contributed by atoms with Crippen LogP contribution in [0.15, 0.2) is 30.5 Å². The van der Waals surface area contributed by atoms with Crippen molar-refractivity contribution in [3.05, 3.63) is 36.3 Å². The third-order valence-electron chi connectivity index (χ3n) is 5.12. The van der Waals surface area contributed by atoms with Crippen molar-refractivity contribution in [3.63, 3.8) is 0 Å². The number of aromatic amines is 1. The molecule has 2 fully saturated rings. The highest BCUT2D eigenvalue weighted by molar-refractivity contribution is 5.89. The van der Waals surface area contributed by atoms with Gasteiger partial charge in [0.25, 0.3) is 0 Å². The van der Waals surface area contributed by atoms with Crippen LogP contribution >= 0.6 is 0 Å². The molecule has 0 bridgehead atoms. The zero-order chi connectivity index (χ0) is 16.8. The highest BCUT2D eigenvalue weighted by Crippen LogP contribution is 2.34. The van der Waals surface area contributed by atoms with Crippen molar-refractivity contribution in [2.24, 2.45) is 5.92 Å². The Balaban J connectivity index is 1.52. The smallest absolute Gasteiger partial charge is 0.181 e. The number of anilines is 1. The minimum Gasteiger partial charge on any atom is -0.354 e. The molecule has 128 valence electrons. The summed E-state index contributed by atoms with van der Waals surface area (Å²) >= 11 is 0. The Morgan fingerprint density at radius 1 is 1.20 bits per heavy atom. The lowest BCUT2D eigenvalue weighted by Gasteiger charge is -2.34. The van der Waals surface area contributed by atoms with Crippen LogP contribution in [0.4, 0.5) is 10.2 Å². The van der Waals surface area contributed by atoms with Crippen LogP contribution in [0.2, 0.25) is 0 Å². The van der Waals surface area contributed by atoms with Crippen LogP contribution in [0, 0.1) is 11.7 Å². The van der Waals surface area contributed by atoms with E-state index in [2.05, 4.69) is 30.4 Å². The number of halogens is 1. The van der Waals surface area contributed by atoms with E-state index in [4.69, 9.17) is 0 Å². The van der Waals surface area contributed by atoms with Gasteiger partial charge in [0.1, 0.15) is 11.5 Å². The van der Waals surface area contributed by atoms with Gasteiger partial charge < -0.3 is 10.2 Å². The maximum Gasteiger partial charge on any atom is 0.181 e. The molecule has 1 unspecified atom stereocenters.